The summed E-state index contributed by atoms with van der Waals surface area (Å²) in [6.45, 7) is 7.22. The smallest absolute Gasteiger partial charge is 0.243 e. The maximum atomic E-state index is 12.8. The molecule has 0 saturated carbocycles. The molecule has 2 aliphatic heterocycles. The molecule has 3 rings (SSSR count). The molecular weight excluding hydrogens is 338 g/mol. The molecule has 1 aromatic carbocycles. The Hall–Kier alpha value is -1.44. The van der Waals surface area contributed by atoms with Crippen molar-refractivity contribution >= 4 is 15.9 Å². The second-order valence-electron chi connectivity index (χ2n) is 6.77. The maximum Gasteiger partial charge on any atom is 0.243 e. The fourth-order valence-electron chi connectivity index (χ4n) is 3.65. The molecule has 138 valence electrons. The Labute approximate surface area is 150 Å². The summed E-state index contributed by atoms with van der Waals surface area (Å²) in [5, 5.41) is 0. The molecule has 6 nitrogen and oxygen atoms in total. The first-order valence-electron chi connectivity index (χ1n) is 9.08. The highest BCUT2D eigenvalue weighted by atomic mass is 32.2. The lowest BCUT2D eigenvalue weighted by atomic mass is 9.98. The van der Waals surface area contributed by atoms with Crippen molar-refractivity contribution < 1.29 is 13.2 Å². The summed E-state index contributed by atoms with van der Waals surface area (Å²) in [5.41, 5.74) is 0. The van der Waals surface area contributed by atoms with E-state index in [9.17, 15) is 13.2 Å². The van der Waals surface area contributed by atoms with Gasteiger partial charge in [0, 0.05) is 39.3 Å². The van der Waals surface area contributed by atoms with Crippen molar-refractivity contribution in [2.45, 2.75) is 24.7 Å². The molecule has 1 atom stereocenters. The molecule has 1 amide bonds. The maximum absolute atomic E-state index is 12.8. The number of sulfonamides is 1. The van der Waals surface area contributed by atoms with Crippen LogP contribution < -0.4 is 0 Å². The summed E-state index contributed by atoms with van der Waals surface area (Å²) < 4.78 is 27.1. The Morgan fingerprint density at radius 2 is 1.76 bits per heavy atom. The number of nitrogens with zero attached hydrogens (tertiary/aromatic N) is 3. The topological polar surface area (TPSA) is 60.9 Å². The van der Waals surface area contributed by atoms with Crippen LogP contribution in [0.5, 0.6) is 0 Å². The molecule has 25 heavy (non-hydrogen) atoms. The van der Waals surface area contributed by atoms with Gasteiger partial charge in [0.2, 0.25) is 15.9 Å². The van der Waals surface area contributed by atoms with E-state index in [1.165, 1.54) is 4.31 Å². The highest BCUT2D eigenvalue weighted by Crippen LogP contribution is 2.25. The summed E-state index contributed by atoms with van der Waals surface area (Å²) in [5.74, 6) is -0.107. The number of benzene rings is 1. The van der Waals surface area contributed by atoms with Crippen molar-refractivity contribution in [1.82, 2.24) is 14.1 Å². The van der Waals surface area contributed by atoms with Gasteiger partial charge in [-0.05, 0) is 31.5 Å². The number of carbonyl (C=O) groups is 1. The van der Waals surface area contributed by atoms with E-state index < -0.39 is 10.0 Å². The van der Waals surface area contributed by atoms with Gasteiger partial charge in [0.05, 0.1) is 10.8 Å². The number of hydrogen-bond acceptors (Lipinski definition) is 4. The van der Waals surface area contributed by atoms with E-state index in [4.69, 9.17) is 0 Å². The van der Waals surface area contributed by atoms with E-state index in [2.05, 4.69) is 11.8 Å². The van der Waals surface area contributed by atoms with E-state index in [-0.39, 0.29) is 11.8 Å². The number of piperazine rings is 1. The van der Waals surface area contributed by atoms with E-state index in [0.29, 0.717) is 18.0 Å². The van der Waals surface area contributed by atoms with Gasteiger partial charge in [-0.25, -0.2) is 8.42 Å². The van der Waals surface area contributed by atoms with Crippen LogP contribution in [-0.2, 0) is 14.8 Å². The van der Waals surface area contributed by atoms with Gasteiger partial charge >= 0.3 is 0 Å². The van der Waals surface area contributed by atoms with Crippen LogP contribution in [0.25, 0.3) is 0 Å². The van der Waals surface area contributed by atoms with Crippen molar-refractivity contribution in [1.29, 1.82) is 0 Å². The molecule has 2 heterocycles. The van der Waals surface area contributed by atoms with Gasteiger partial charge < -0.3 is 9.80 Å². The highest BCUT2D eigenvalue weighted by molar-refractivity contribution is 7.89. The average molecular weight is 365 g/mol. The number of carbonyl (C=O) groups excluding carboxylic acids is 1. The van der Waals surface area contributed by atoms with Crippen LogP contribution in [0.2, 0.25) is 0 Å². The van der Waals surface area contributed by atoms with Crippen molar-refractivity contribution in [3.63, 3.8) is 0 Å². The Morgan fingerprint density at radius 1 is 1.08 bits per heavy atom. The molecule has 0 aliphatic carbocycles. The second-order valence-corrected chi connectivity index (χ2v) is 8.71. The molecule has 0 spiro atoms. The normalized spacial score (nSPS) is 23.6. The minimum atomic E-state index is -3.52. The zero-order chi connectivity index (χ0) is 17.9. The highest BCUT2D eigenvalue weighted by Gasteiger charge is 2.35. The monoisotopic (exact) mass is 365 g/mol. The van der Waals surface area contributed by atoms with Crippen molar-refractivity contribution in [2.24, 2.45) is 5.92 Å². The van der Waals surface area contributed by atoms with Crippen molar-refractivity contribution in [2.75, 3.05) is 45.8 Å². The quantitative estimate of drug-likeness (QED) is 0.806. The van der Waals surface area contributed by atoms with Gasteiger partial charge in [0.1, 0.15) is 0 Å². The van der Waals surface area contributed by atoms with Crippen LogP contribution in [-0.4, -0.2) is 74.2 Å². The molecule has 1 aromatic rings. The molecule has 2 aliphatic rings. The zero-order valence-electron chi connectivity index (χ0n) is 14.8. The largest absolute Gasteiger partial charge is 0.340 e. The second kappa shape index (κ2) is 7.85. The van der Waals surface area contributed by atoms with Crippen LogP contribution in [0, 0.1) is 5.92 Å². The summed E-state index contributed by atoms with van der Waals surface area (Å²) >= 11 is 0. The molecule has 0 aromatic heterocycles. The minimum absolute atomic E-state index is 0.115. The molecule has 2 saturated heterocycles. The SMILES string of the molecule is CCN1CCN(C(=O)C2CCCN(S(=O)(=O)c3ccccc3)C2)CC1. The number of likely N-dealkylation sites (N-methyl/N-ethyl adjacent to an activating group) is 1. The summed E-state index contributed by atoms with van der Waals surface area (Å²) in [6, 6.07) is 8.49. The van der Waals surface area contributed by atoms with Gasteiger partial charge in [0.25, 0.3) is 0 Å². The zero-order valence-corrected chi connectivity index (χ0v) is 15.6. The fourth-order valence-corrected chi connectivity index (χ4v) is 5.19. The Bertz CT molecular complexity index is 685. The van der Waals surface area contributed by atoms with Crippen molar-refractivity contribution in [3.8, 4) is 0 Å². The predicted octanol–water partition coefficient (Wildman–Crippen LogP) is 1.25. The minimum Gasteiger partial charge on any atom is -0.340 e. The first-order chi connectivity index (χ1) is 12.0. The molecule has 2 fully saturated rings. The van der Waals surface area contributed by atoms with Gasteiger partial charge in [0.15, 0.2) is 0 Å². The number of rotatable bonds is 4. The first-order valence-corrected chi connectivity index (χ1v) is 10.5. The van der Waals surface area contributed by atoms with Crippen LogP contribution in [0.4, 0.5) is 0 Å². The lowest BCUT2D eigenvalue weighted by molar-refractivity contribution is -0.138. The summed E-state index contributed by atoms with van der Waals surface area (Å²) in [6.07, 6.45) is 1.50. The van der Waals surface area contributed by atoms with Crippen LogP contribution >= 0.6 is 0 Å². The molecular formula is C18H27N3O3S. The number of piperidine rings is 1. The van der Waals surface area contributed by atoms with Gasteiger partial charge in [-0.3, -0.25) is 4.79 Å². The fraction of sp³-hybridized carbons (Fsp3) is 0.611. The standard InChI is InChI=1S/C18H27N3O3S/c1-2-19-11-13-20(14-12-19)18(22)16-7-6-10-21(15-16)25(23,24)17-8-4-3-5-9-17/h3-5,8-9,16H,2,6-7,10-15H2,1H3. The van der Waals surface area contributed by atoms with E-state index in [0.717, 1.165) is 45.6 Å². The van der Waals surface area contributed by atoms with Gasteiger partial charge in [-0.2, -0.15) is 4.31 Å². The summed E-state index contributed by atoms with van der Waals surface area (Å²) in [4.78, 5) is 17.4. The summed E-state index contributed by atoms with van der Waals surface area (Å²) in [7, 11) is -3.52. The third-order valence-electron chi connectivity index (χ3n) is 5.25. The van der Waals surface area contributed by atoms with Gasteiger partial charge in [-0.15, -0.1) is 0 Å². The third-order valence-corrected chi connectivity index (χ3v) is 7.12. The Balaban J connectivity index is 1.66. The first kappa shape index (κ1) is 18.4. The number of hydrogen-bond donors (Lipinski definition) is 0. The van der Waals surface area contributed by atoms with Crippen LogP contribution in [0.15, 0.2) is 35.2 Å². The van der Waals surface area contributed by atoms with Crippen LogP contribution in [0.1, 0.15) is 19.8 Å². The van der Waals surface area contributed by atoms with Gasteiger partial charge in [-0.1, -0.05) is 25.1 Å². The Morgan fingerprint density at radius 3 is 2.40 bits per heavy atom. The molecule has 1 unspecified atom stereocenters. The average Bonchev–Trinajstić information content (AvgIpc) is 2.68. The molecule has 7 heteroatoms. The predicted molar refractivity (Wildman–Crippen MR) is 96.6 cm³/mol. The van der Waals surface area contributed by atoms with E-state index in [1.54, 1.807) is 30.3 Å². The Kier molecular flexibility index (Phi) is 5.76. The number of amides is 1. The lowest BCUT2D eigenvalue weighted by Gasteiger charge is -2.38. The van der Waals surface area contributed by atoms with E-state index in [1.807, 2.05) is 4.90 Å². The van der Waals surface area contributed by atoms with Crippen molar-refractivity contribution in [3.05, 3.63) is 30.3 Å². The molecule has 0 bridgehead atoms. The third kappa shape index (κ3) is 4.04. The van der Waals surface area contributed by atoms with E-state index >= 15 is 0 Å². The lowest BCUT2D eigenvalue weighted by Crippen LogP contribution is -2.52. The van der Waals surface area contributed by atoms with Crippen LogP contribution in [0.3, 0.4) is 0 Å². The molecule has 0 N–H and O–H groups in total. The molecule has 0 radical (unpaired) electrons.